The van der Waals surface area contributed by atoms with Crippen molar-refractivity contribution in [2.75, 3.05) is 11.1 Å². The molecule has 0 fully saturated rings. The van der Waals surface area contributed by atoms with E-state index in [9.17, 15) is 0 Å². The molecule has 1 unspecified atom stereocenters. The Labute approximate surface area is 91.8 Å². The molecule has 0 bridgehead atoms. The predicted octanol–water partition coefficient (Wildman–Crippen LogP) is 2.20. The molecule has 0 spiro atoms. The number of anilines is 2. The summed E-state index contributed by atoms with van der Waals surface area (Å²) in [6.07, 6.45) is 2.70. The van der Waals surface area contributed by atoms with Gasteiger partial charge in [-0.15, -0.1) is 6.58 Å². The number of nitrogens with zero attached hydrogens (tertiary/aromatic N) is 2. The fourth-order valence-electron chi connectivity index (χ4n) is 1.03. The lowest BCUT2D eigenvalue weighted by molar-refractivity contribution is 0.798. The van der Waals surface area contributed by atoms with Gasteiger partial charge in [0.25, 0.3) is 0 Å². The van der Waals surface area contributed by atoms with Gasteiger partial charge in [-0.1, -0.05) is 6.08 Å². The van der Waals surface area contributed by atoms with Crippen LogP contribution in [0, 0.1) is 0 Å². The molecule has 1 atom stereocenters. The SMILES string of the molecule is C=CCC(C)Nc1nc(N)cc(Br)n1. The minimum Gasteiger partial charge on any atom is -0.383 e. The molecular formula is C9H13BrN4. The maximum Gasteiger partial charge on any atom is 0.225 e. The average Bonchev–Trinajstić information content (AvgIpc) is 2.01. The third-order valence-corrected chi connectivity index (χ3v) is 2.02. The van der Waals surface area contributed by atoms with Crippen molar-refractivity contribution in [3.8, 4) is 0 Å². The van der Waals surface area contributed by atoms with Crippen LogP contribution in [0.25, 0.3) is 0 Å². The van der Waals surface area contributed by atoms with Crippen LogP contribution in [0.2, 0.25) is 0 Å². The Balaban J connectivity index is 2.71. The van der Waals surface area contributed by atoms with Crippen molar-refractivity contribution in [2.45, 2.75) is 19.4 Å². The fourth-order valence-corrected chi connectivity index (χ4v) is 1.43. The molecule has 1 aromatic heterocycles. The molecule has 1 rings (SSSR count). The van der Waals surface area contributed by atoms with Gasteiger partial charge >= 0.3 is 0 Å². The lowest BCUT2D eigenvalue weighted by atomic mass is 10.2. The van der Waals surface area contributed by atoms with Crippen LogP contribution in [-0.2, 0) is 0 Å². The maximum atomic E-state index is 5.57. The van der Waals surface area contributed by atoms with Gasteiger partial charge in [0, 0.05) is 12.1 Å². The molecule has 0 aromatic carbocycles. The predicted molar refractivity (Wildman–Crippen MR) is 62.0 cm³/mol. The van der Waals surface area contributed by atoms with Crippen LogP contribution in [-0.4, -0.2) is 16.0 Å². The second-order valence-corrected chi connectivity index (χ2v) is 3.82. The van der Waals surface area contributed by atoms with Gasteiger partial charge in [0.05, 0.1) is 0 Å². The van der Waals surface area contributed by atoms with Gasteiger partial charge in [-0.3, -0.25) is 0 Å². The first-order valence-electron chi connectivity index (χ1n) is 4.29. The van der Waals surface area contributed by atoms with E-state index in [4.69, 9.17) is 5.73 Å². The normalized spacial score (nSPS) is 12.1. The van der Waals surface area contributed by atoms with Gasteiger partial charge in [0.15, 0.2) is 0 Å². The minimum absolute atomic E-state index is 0.251. The van der Waals surface area contributed by atoms with Gasteiger partial charge in [-0.05, 0) is 29.3 Å². The quantitative estimate of drug-likeness (QED) is 0.641. The number of nitrogens with one attached hydrogen (secondary N) is 1. The Morgan fingerprint density at radius 3 is 3.00 bits per heavy atom. The third kappa shape index (κ3) is 3.33. The van der Waals surface area contributed by atoms with Gasteiger partial charge in [-0.25, -0.2) is 4.98 Å². The summed E-state index contributed by atoms with van der Waals surface area (Å²) in [6.45, 7) is 5.69. The molecule has 0 aliphatic carbocycles. The van der Waals surface area contributed by atoms with E-state index in [1.54, 1.807) is 6.07 Å². The molecule has 0 radical (unpaired) electrons. The third-order valence-electron chi connectivity index (χ3n) is 1.61. The van der Waals surface area contributed by atoms with Crippen molar-refractivity contribution in [1.82, 2.24) is 9.97 Å². The summed E-state index contributed by atoms with van der Waals surface area (Å²) in [4.78, 5) is 8.18. The second-order valence-electron chi connectivity index (χ2n) is 3.01. The standard InChI is InChI=1S/C9H13BrN4/c1-3-4-6(2)12-9-13-7(10)5-8(11)14-9/h3,5-6H,1,4H2,2H3,(H3,11,12,13,14). The molecule has 0 amide bonds. The van der Waals surface area contributed by atoms with Crippen LogP contribution < -0.4 is 11.1 Å². The first-order valence-corrected chi connectivity index (χ1v) is 5.08. The van der Waals surface area contributed by atoms with Crippen molar-refractivity contribution in [3.63, 3.8) is 0 Å². The lowest BCUT2D eigenvalue weighted by Crippen LogP contribution is -2.16. The van der Waals surface area contributed by atoms with E-state index < -0.39 is 0 Å². The van der Waals surface area contributed by atoms with Crippen molar-refractivity contribution < 1.29 is 0 Å². The molecule has 1 heterocycles. The van der Waals surface area contributed by atoms with Gasteiger partial charge < -0.3 is 11.1 Å². The molecule has 0 aliphatic heterocycles. The van der Waals surface area contributed by atoms with E-state index >= 15 is 0 Å². The van der Waals surface area contributed by atoms with Crippen LogP contribution in [0.5, 0.6) is 0 Å². The Hall–Kier alpha value is -1.10. The number of hydrogen-bond donors (Lipinski definition) is 2. The monoisotopic (exact) mass is 256 g/mol. The molecule has 1 aromatic rings. The Morgan fingerprint density at radius 2 is 2.43 bits per heavy atom. The molecule has 3 N–H and O–H groups in total. The zero-order chi connectivity index (χ0) is 10.6. The van der Waals surface area contributed by atoms with E-state index in [2.05, 4.69) is 37.8 Å². The largest absolute Gasteiger partial charge is 0.383 e. The summed E-state index contributed by atoms with van der Waals surface area (Å²) < 4.78 is 0.679. The molecular weight excluding hydrogens is 244 g/mol. The van der Waals surface area contributed by atoms with Crippen LogP contribution in [0.4, 0.5) is 11.8 Å². The highest BCUT2D eigenvalue weighted by atomic mass is 79.9. The summed E-state index contributed by atoms with van der Waals surface area (Å²) in [5, 5.41) is 3.12. The molecule has 76 valence electrons. The smallest absolute Gasteiger partial charge is 0.225 e. The van der Waals surface area contributed by atoms with Crippen LogP contribution in [0.15, 0.2) is 23.3 Å². The number of halogens is 1. The summed E-state index contributed by atoms with van der Waals surface area (Å²) in [7, 11) is 0. The van der Waals surface area contributed by atoms with E-state index in [-0.39, 0.29) is 6.04 Å². The highest BCUT2D eigenvalue weighted by molar-refractivity contribution is 9.10. The number of nitrogen functional groups attached to an aromatic ring is 1. The zero-order valence-electron chi connectivity index (χ0n) is 8.00. The van der Waals surface area contributed by atoms with E-state index in [0.29, 0.717) is 16.4 Å². The van der Waals surface area contributed by atoms with Crippen LogP contribution in [0.1, 0.15) is 13.3 Å². The summed E-state index contributed by atoms with van der Waals surface area (Å²) >= 11 is 3.25. The van der Waals surface area contributed by atoms with E-state index in [0.717, 1.165) is 6.42 Å². The van der Waals surface area contributed by atoms with Crippen LogP contribution in [0.3, 0.4) is 0 Å². The number of aromatic nitrogens is 2. The van der Waals surface area contributed by atoms with Gasteiger partial charge in [-0.2, -0.15) is 4.98 Å². The highest BCUT2D eigenvalue weighted by Gasteiger charge is 2.03. The summed E-state index contributed by atoms with van der Waals surface area (Å²) in [6, 6.07) is 1.91. The average molecular weight is 257 g/mol. The Morgan fingerprint density at radius 1 is 1.71 bits per heavy atom. The topological polar surface area (TPSA) is 63.8 Å². The first-order chi connectivity index (χ1) is 6.61. The second kappa shape index (κ2) is 4.95. The minimum atomic E-state index is 0.251. The summed E-state index contributed by atoms with van der Waals surface area (Å²) in [5.41, 5.74) is 5.57. The van der Waals surface area contributed by atoms with Crippen molar-refractivity contribution in [1.29, 1.82) is 0 Å². The van der Waals surface area contributed by atoms with Crippen molar-refractivity contribution in [3.05, 3.63) is 23.3 Å². The molecule has 0 saturated carbocycles. The molecule has 4 nitrogen and oxygen atoms in total. The molecule has 0 aliphatic rings. The molecule has 14 heavy (non-hydrogen) atoms. The number of nitrogens with two attached hydrogens (primary N) is 1. The molecule has 5 heteroatoms. The fraction of sp³-hybridized carbons (Fsp3) is 0.333. The maximum absolute atomic E-state index is 5.57. The molecule has 0 saturated heterocycles. The van der Waals surface area contributed by atoms with Gasteiger partial charge in [0.1, 0.15) is 10.4 Å². The lowest BCUT2D eigenvalue weighted by Gasteiger charge is -2.11. The van der Waals surface area contributed by atoms with E-state index in [1.165, 1.54) is 0 Å². The van der Waals surface area contributed by atoms with E-state index in [1.807, 2.05) is 13.0 Å². The van der Waals surface area contributed by atoms with Gasteiger partial charge in [0.2, 0.25) is 5.95 Å². The van der Waals surface area contributed by atoms with Crippen molar-refractivity contribution in [2.24, 2.45) is 0 Å². The number of hydrogen-bond acceptors (Lipinski definition) is 4. The highest BCUT2D eigenvalue weighted by Crippen LogP contribution is 2.13. The number of rotatable bonds is 4. The zero-order valence-corrected chi connectivity index (χ0v) is 9.58. The Kier molecular flexibility index (Phi) is 3.88. The Bertz CT molecular complexity index is 306. The van der Waals surface area contributed by atoms with Crippen molar-refractivity contribution >= 4 is 27.7 Å². The van der Waals surface area contributed by atoms with Crippen LogP contribution >= 0.6 is 15.9 Å². The summed E-state index contributed by atoms with van der Waals surface area (Å²) in [5.74, 6) is 0.978. The first kappa shape index (κ1) is 11.0.